The molecule has 0 saturated carbocycles. The molecular weight excluding hydrogens is 310 g/mol. The van der Waals surface area contributed by atoms with E-state index >= 15 is 0 Å². The molecule has 2 atom stereocenters. The number of hydrogen-bond donors (Lipinski definition) is 1. The summed E-state index contributed by atoms with van der Waals surface area (Å²) < 4.78 is 22.2. The van der Waals surface area contributed by atoms with Crippen LogP contribution in [0.15, 0.2) is 0 Å². The maximum Gasteiger partial charge on any atom is 1.00 e. The number of phosphoric acid groups is 1. The minimum Gasteiger partial charge on any atom is -1.00 e. The molecule has 132 valence electrons. The predicted molar refractivity (Wildman–Crippen MR) is 91.6 cm³/mol. The third-order valence-corrected chi connectivity index (χ3v) is 4.98. The third kappa shape index (κ3) is 13.5. The Balaban J connectivity index is -0.000000667. The molecule has 0 fully saturated rings. The second kappa shape index (κ2) is 15.6. The van der Waals surface area contributed by atoms with E-state index in [4.69, 9.17) is 9.05 Å². The van der Waals surface area contributed by atoms with Gasteiger partial charge >= 0.3 is 37.4 Å². The van der Waals surface area contributed by atoms with E-state index in [1.807, 2.05) is 0 Å². The van der Waals surface area contributed by atoms with Crippen LogP contribution in [0.25, 0.3) is 0 Å². The van der Waals surface area contributed by atoms with Crippen LogP contribution < -0.4 is 29.6 Å². The topological polar surface area (TPSA) is 55.8 Å². The van der Waals surface area contributed by atoms with E-state index < -0.39 is 7.82 Å². The molecule has 0 radical (unpaired) electrons. The van der Waals surface area contributed by atoms with Crippen molar-refractivity contribution >= 4 is 7.82 Å². The van der Waals surface area contributed by atoms with E-state index in [0.29, 0.717) is 25.0 Å². The van der Waals surface area contributed by atoms with Crippen LogP contribution >= 0.6 is 7.82 Å². The zero-order chi connectivity index (χ0) is 16.1. The predicted octanol–water partition coefficient (Wildman–Crippen LogP) is 2.92. The molecule has 0 aliphatic carbocycles. The molecule has 22 heavy (non-hydrogen) atoms. The van der Waals surface area contributed by atoms with Gasteiger partial charge in [-0.3, -0.25) is 9.05 Å². The molecule has 4 nitrogen and oxygen atoms in total. The molecule has 6 heteroatoms. The minimum atomic E-state index is -3.89. The second-order valence-electron chi connectivity index (χ2n) is 5.89. The summed E-state index contributed by atoms with van der Waals surface area (Å²) in [7, 11) is -3.89. The molecule has 0 rings (SSSR count). The number of unbranched alkanes of at least 4 members (excludes halogenated alkanes) is 2. The average molecular weight is 348 g/mol. The fourth-order valence-corrected chi connectivity index (χ4v) is 3.11. The average Bonchev–Trinajstić information content (AvgIpc) is 2.47. The van der Waals surface area contributed by atoms with Gasteiger partial charge in [-0.2, -0.15) is 0 Å². The Kier molecular flexibility index (Phi) is 18.0. The van der Waals surface area contributed by atoms with Crippen molar-refractivity contribution < 1.29 is 50.9 Å². The fourth-order valence-electron chi connectivity index (χ4n) is 2.23. The molecule has 0 aliphatic rings. The molecule has 0 aromatic heterocycles. The van der Waals surface area contributed by atoms with Gasteiger partial charge in [0.15, 0.2) is 0 Å². The largest absolute Gasteiger partial charge is 1.00 e. The van der Waals surface area contributed by atoms with Crippen LogP contribution in [0.5, 0.6) is 0 Å². The van der Waals surface area contributed by atoms with Crippen molar-refractivity contribution in [2.75, 3.05) is 13.2 Å². The molecule has 1 N–H and O–H groups in total. The third-order valence-electron chi connectivity index (χ3n) is 4.03. The molecule has 0 heterocycles. The molecular formula is C16H38NaO4P. The normalized spacial score (nSPS) is 16.6. The number of phosphoric ester groups is 1. The van der Waals surface area contributed by atoms with Crippen molar-refractivity contribution in [2.24, 2.45) is 11.8 Å². The first-order valence-corrected chi connectivity index (χ1v) is 10.1. The zero-order valence-electron chi connectivity index (χ0n) is 16.3. The van der Waals surface area contributed by atoms with Gasteiger partial charge in [0.1, 0.15) is 0 Å². The first kappa shape index (κ1) is 25.4. The molecule has 0 saturated heterocycles. The van der Waals surface area contributed by atoms with Gasteiger partial charge in [0.25, 0.3) is 0 Å². The van der Waals surface area contributed by atoms with Crippen molar-refractivity contribution in [3.63, 3.8) is 0 Å². The van der Waals surface area contributed by atoms with Crippen LogP contribution in [-0.4, -0.2) is 18.1 Å². The molecule has 0 spiro atoms. The molecule has 0 aromatic rings. The molecule has 0 aliphatic heterocycles. The summed E-state index contributed by atoms with van der Waals surface area (Å²) in [5.74, 6) is 0.687. The van der Waals surface area contributed by atoms with Crippen LogP contribution in [0.3, 0.4) is 0 Å². The van der Waals surface area contributed by atoms with Gasteiger partial charge in [-0.25, -0.2) is 4.57 Å². The van der Waals surface area contributed by atoms with E-state index in [9.17, 15) is 9.46 Å². The quantitative estimate of drug-likeness (QED) is 0.387. The molecule has 0 amide bonds. The van der Waals surface area contributed by atoms with Gasteiger partial charge in [-0.1, -0.05) is 66.2 Å². The standard InChI is InChI=1S/C16H35O4P.Na.H2.H/c1-5-9-11-15(7-3)13-19-21(17,18)20-14-16(8-4)12-10-6-2;;;/h15-16H,5-14H2,1-4H3,(H,17,18);;1H;/q;+1;;-1. The summed E-state index contributed by atoms with van der Waals surface area (Å²) in [6.07, 6.45) is 8.56. The fraction of sp³-hybridized carbons (Fsp3) is 1.00. The summed E-state index contributed by atoms with van der Waals surface area (Å²) in [5, 5.41) is 0. The van der Waals surface area contributed by atoms with Crippen LogP contribution in [0.4, 0.5) is 0 Å². The van der Waals surface area contributed by atoms with Crippen molar-refractivity contribution in [1.82, 2.24) is 0 Å². The Morgan fingerprint density at radius 2 is 1.32 bits per heavy atom. The van der Waals surface area contributed by atoms with Gasteiger partial charge < -0.3 is 6.32 Å². The van der Waals surface area contributed by atoms with Crippen molar-refractivity contribution in [3.8, 4) is 0 Å². The Labute approximate surface area is 162 Å². The van der Waals surface area contributed by atoms with E-state index in [1.54, 1.807) is 0 Å². The summed E-state index contributed by atoms with van der Waals surface area (Å²) in [6, 6.07) is 0. The monoisotopic (exact) mass is 348 g/mol. The van der Waals surface area contributed by atoms with E-state index in [2.05, 4.69) is 27.7 Å². The first-order valence-electron chi connectivity index (χ1n) is 8.60. The smallest absolute Gasteiger partial charge is 1.00 e. The number of hydrogen-bond acceptors (Lipinski definition) is 3. The molecule has 0 bridgehead atoms. The van der Waals surface area contributed by atoms with Crippen LogP contribution in [-0.2, 0) is 13.6 Å². The summed E-state index contributed by atoms with van der Waals surface area (Å²) in [6.45, 7) is 9.10. The first-order chi connectivity index (χ1) is 9.99. The summed E-state index contributed by atoms with van der Waals surface area (Å²) >= 11 is 0. The zero-order valence-corrected chi connectivity index (χ0v) is 18.2. The Hall–Kier alpha value is 1.11. The van der Waals surface area contributed by atoms with Gasteiger partial charge in [-0.15, -0.1) is 0 Å². The van der Waals surface area contributed by atoms with Crippen molar-refractivity contribution in [3.05, 3.63) is 0 Å². The van der Waals surface area contributed by atoms with Crippen molar-refractivity contribution in [1.29, 1.82) is 0 Å². The van der Waals surface area contributed by atoms with E-state index in [0.717, 1.165) is 51.4 Å². The Morgan fingerprint density at radius 1 is 0.955 bits per heavy atom. The second-order valence-corrected chi connectivity index (χ2v) is 7.35. The minimum absolute atomic E-state index is 0. The van der Waals surface area contributed by atoms with Crippen molar-refractivity contribution in [2.45, 2.75) is 79.1 Å². The van der Waals surface area contributed by atoms with Crippen LogP contribution in [0.1, 0.15) is 81.9 Å². The molecule has 2 unspecified atom stereocenters. The Bertz CT molecular complexity index is 275. The Morgan fingerprint density at radius 3 is 1.59 bits per heavy atom. The maximum atomic E-state index is 11.9. The van der Waals surface area contributed by atoms with Gasteiger partial charge in [-0.05, 0) is 24.7 Å². The summed E-state index contributed by atoms with van der Waals surface area (Å²) in [4.78, 5) is 9.77. The van der Waals surface area contributed by atoms with Gasteiger partial charge in [0.2, 0.25) is 0 Å². The molecule has 0 aromatic carbocycles. The SMILES string of the molecule is CCCCC(CC)COP(=O)(O)OCC(CC)CCCC.[H-].[HH].[Na+]. The van der Waals surface area contributed by atoms with Gasteiger partial charge in [0, 0.05) is 1.43 Å². The van der Waals surface area contributed by atoms with Crippen LogP contribution in [0.2, 0.25) is 0 Å². The summed E-state index contributed by atoms with van der Waals surface area (Å²) in [5.41, 5.74) is 0. The van der Waals surface area contributed by atoms with Gasteiger partial charge in [0.05, 0.1) is 13.2 Å². The maximum absolute atomic E-state index is 11.9. The van der Waals surface area contributed by atoms with E-state index in [1.165, 1.54) is 0 Å². The van der Waals surface area contributed by atoms with E-state index in [-0.39, 0.29) is 32.4 Å². The number of rotatable bonds is 14. The van der Waals surface area contributed by atoms with Crippen LogP contribution in [0, 0.1) is 11.8 Å².